The molecule has 0 fully saturated rings. The van der Waals surface area contributed by atoms with E-state index in [1.54, 1.807) is 19.2 Å². The minimum Gasteiger partial charge on any atom is -0.380 e. The molecule has 2 nitrogen and oxygen atoms in total. The van der Waals surface area contributed by atoms with Crippen molar-refractivity contribution in [2.24, 2.45) is 5.73 Å². The van der Waals surface area contributed by atoms with E-state index in [-0.39, 0.29) is 17.2 Å². The average molecular weight is 260 g/mol. The summed E-state index contributed by atoms with van der Waals surface area (Å²) in [5, 5.41) is 0.138. The Bertz CT molecular complexity index is 359. The normalized spacial score (nSPS) is 14.6. The molecule has 17 heavy (non-hydrogen) atoms. The fourth-order valence-electron chi connectivity index (χ4n) is 1.86. The van der Waals surface area contributed by atoms with Crippen LogP contribution in [0.5, 0.6) is 0 Å². The van der Waals surface area contributed by atoms with Crippen LogP contribution in [0.4, 0.5) is 4.39 Å². The molecule has 1 rings (SSSR count). The van der Waals surface area contributed by atoms with Crippen molar-refractivity contribution in [3.8, 4) is 0 Å². The van der Waals surface area contributed by atoms with Gasteiger partial charge in [0.2, 0.25) is 0 Å². The predicted octanol–water partition coefficient (Wildman–Crippen LogP) is 3.16. The van der Waals surface area contributed by atoms with E-state index in [1.165, 1.54) is 6.07 Å². The molecule has 0 saturated heterocycles. The minimum absolute atomic E-state index is 0.0127. The molecule has 0 aliphatic rings. The van der Waals surface area contributed by atoms with Crippen LogP contribution in [0.2, 0.25) is 5.02 Å². The second-order valence-corrected chi connectivity index (χ2v) is 4.59. The highest BCUT2D eigenvalue weighted by Crippen LogP contribution is 2.17. The van der Waals surface area contributed by atoms with Gasteiger partial charge in [-0.2, -0.15) is 0 Å². The second-order valence-electron chi connectivity index (χ2n) is 4.18. The zero-order valence-electron chi connectivity index (χ0n) is 10.2. The van der Waals surface area contributed by atoms with Crippen LogP contribution >= 0.6 is 11.6 Å². The van der Waals surface area contributed by atoms with Crippen molar-refractivity contribution in [2.45, 2.75) is 38.3 Å². The van der Waals surface area contributed by atoms with Gasteiger partial charge in [0.05, 0.1) is 11.1 Å². The highest BCUT2D eigenvalue weighted by atomic mass is 35.5. The highest BCUT2D eigenvalue weighted by molar-refractivity contribution is 6.30. The molecule has 0 radical (unpaired) electrons. The van der Waals surface area contributed by atoms with Gasteiger partial charge in [-0.05, 0) is 30.5 Å². The van der Waals surface area contributed by atoms with Crippen molar-refractivity contribution in [3.05, 3.63) is 34.6 Å². The number of halogens is 2. The Kier molecular flexibility index (Phi) is 5.89. The Morgan fingerprint density at radius 3 is 2.71 bits per heavy atom. The number of hydrogen-bond acceptors (Lipinski definition) is 2. The molecule has 0 amide bonds. The van der Waals surface area contributed by atoms with Gasteiger partial charge in [0, 0.05) is 13.2 Å². The van der Waals surface area contributed by atoms with Crippen LogP contribution in [0.15, 0.2) is 18.2 Å². The van der Waals surface area contributed by atoms with Crippen LogP contribution in [0.3, 0.4) is 0 Å². The highest BCUT2D eigenvalue weighted by Gasteiger charge is 2.17. The number of benzene rings is 1. The molecule has 0 bridgehead atoms. The average Bonchev–Trinajstić information content (AvgIpc) is 2.30. The standard InChI is InChI=1S/C13H19ClFNO/c1-3-4-13(17-2)12(16)8-9-5-6-10(14)11(15)7-9/h5-7,12-13H,3-4,8,16H2,1-2H3. The Morgan fingerprint density at radius 1 is 1.47 bits per heavy atom. The van der Waals surface area contributed by atoms with Gasteiger partial charge >= 0.3 is 0 Å². The fourth-order valence-corrected chi connectivity index (χ4v) is 1.98. The summed E-state index contributed by atoms with van der Waals surface area (Å²) in [6.45, 7) is 2.08. The summed E-state index contributed by atoms with van der Waals surface area (Å²) in [5.41, 5.74) is 6.90. The monoisotopic (exact) mass is 259 g/mol. The third-order valence-corrected chi connectivity index (χ3v) is 3.12. The second kappa shape index (κ2) is 6.94. The molecule has 0 aliphatic heterocycles. The molecule has 2 atom stereocenters. The molecule has 0 heterocycles. The first kappa shape index (κ1) is 14.4. The lowest BCUT2D eigenvalue weighted by Gasteiger charge is -2.22. The first-order valence-corrected chi connectivity index (χ1v) is 6.18. The minimum atomic E-state index is -0.402. The van der Waals surface area contributed by atoms with E-state index in [2.05, 4.69) is 6.92 Å². The fraction of sp³-hybridized carbons (Fsp3) is 0.538. The maximum atomic E-state index is 13.3. The number of methoxy groups -OCH3 is 1. The van der Waals surface area contributed by atoms with Crippen LogP contribution in [-0.2, 0) is 11.2 Å². The van der Waals surface area contributed by atoms with Gasteiger partial charge in [-0.15, -0.1) is 0 Å². The summed E-state index contributed by atoms with van der Waals surface area (Å²) in [4.78, 5) is 0. The molecule has 0 aliphatic carbocycles. The van der Waals surface area contributed by atoms with E-state index in [9.17, 15) is 4.39 Å². The largest absolute Gasteiger partial charge is 0.380 e. The van der Waals surface area contributed by atoms with Crippen molar-refractivity contribution in [1.29, 1.82) is 0 Å². The molecular weight excluding hydrogens is 241 g/mol. The van der Waals surface area contributed by atoms with E-state index in [0.29, 0.717) is 6.42 Å². The smallest absolute Gasteiger partial charge is 0.142 e. The number of ether oxygens (including phenoxy) is 1. The third-order valence-electron chi connectivity index (χ3n) is 2.81. The SMILES string of the molecule is CCCC(OC)C(N)Cc1ccc(Cl)c(F)c1. The lowest BCUT2D eigenvalue weighted by atomic mass is 9.99. The summed E-state index contributed by atoms with van der Waals surface area (Å²) >= 11 is 5.63. The van der Waals surface area contributed by atoms with E-state index in [1.807, 2.05) is 0 Å². The Labute approximate surface area is 107 Å². The summed E-state index contributed by atoms with van der Waals surface area (Å²) in [7, 11) is 1.66. The van der Waals surface area contributed by atoms with E-state index < -0.39 is 5.82 Å². The summed E-state index contributed by atoms with van der Waals surface area (Å²) in [6.07, 6.45) is 2.53. The van der Waals surface area contributed by atoms with Crippen molar-refractivity contribution in [3.63, 3.8) is 0 Å². The molecule has 0 aromatic heterocycles. The van der Waals surface area contributed by atoms with Gasteiger partial charge in [-0.25, -0.2) is 4.39 Å². The van der Waals surface area contributed by atoms with Crippen LogP contribution in [0, 0.1) is 5.82 Å². The quantitative estimate of drug-likeness (QED) is 0.852. The third kappa shape index (κ3) is 4.26. The van der Waals surface area contributed by atoms with Gasteiger partial charge < -0.3 is 10.5 Å². The van der Waals surface area contributed by atoms with Crippen molar-refractivity contribution >= 4 is 11.6 Å². The predicted molar refractivity (Wildman–Crippen MR) is 68.8 cm³/mol. The van der Waals surface area contributed by atoms with Crippen LogP contribution in [0.1, 0.15) is 25.3 Å². The van der Waals surface area contributed by atoms with Crippen LogP contribution in [-0.4, -0.2) is 19.3 Å². The molecular formula is C13H19ClFNO. The van der Waals surface area contributed by atoms with E-state index in [4.69, 9.17) is 22.1 Å². The molecule has 0 saturated carbocycles. The number of rotatable bonds is 6. The van der Waals surface area contributed by atoms with Gasteiger partial charge in [0.15, 0.2) is 0 Å². The zero-order chi connectivity index (χ0) is 12.8. The first-order valence-electron chi connectivity index (χ1n) is 5.80. The Morgan fingerprint density at radius 2 is 2.18 bits per heavy atom. The lowest BCUT2D eigenvalue weighted by Crippen LogP contribution is -2.37. The topological polar surface area (TPSA) is 35.2 Å². The van der Waals surface area contributed by atoms with Gasteiger partial charge in [-0.3, -0.25) is 0 Å². The van der Waals surface area contributed by atoms with Crippen molar-refractivity contribution < 1.29 is 9.13 Å². The van der Waals surface area contributed by atoms with Crippen molar-refractivity contribution in [1.82, 2.24) is 0 Å². The molecule has 4 heteroatoms. The van der Waals surface area contributed by atoms with E-state index >= 15 is 0 Å². The molecule has 1 aromatic carbocycles. The van der Waals surface area contributed by atoms with Crippen molar-refractivity contribution in [2.75, 3.05) is 7.11 Å². The zero-order valence-corrected chi connectivity index (χ0v) is 11.0. The molecule has 96 valence electrons. The summed E-state index contributed by atoms with van der Waals surface area (Å²) < 4.78 is 18.6. The number of hydrogen-bond donors (Lipinski definition) is 1. The van der Waals surface area contributed by atoms with Gasteiger partial charge in [-0.1, -0.05) is 31.0 Å². The molecule has 1 aromatic rings. The first-order chi connectivity index (χ1) is 8.08. The summed E-state index contributed by atoms with van der Waals surface area (Å²) in [5.74, 6) is -0.402. The number of nitrogens with two attached hydrogens (primary N) is 1. The van der Waals surface area contributed by atoms with Crippen LogP contribution in [0.25, 0.3) is 0 Å². The van der Waals surface area contributed by atoms with Gasteiger partial charge in [0.25, 0.3) is 0 Å². The molecule has 0 spiro atoms. The maximum absolute atomic E-state index is 13.3. The Hall–Kier alpha value is -0.640. The molecule has 2 unspecified atom stereocenters. The van der Waals surface area contributed by atoms with Crippen LogP contribution < -0.4 is 5.73 Å². The summed E-state index contributed by atoms with van der Waals surface area (Å²) in [6, 6.07) is 4.66. The van der Waals surface area contributed by atoms with E-state index in [0.717, 1.165) is 18.4 Å². The molecule has 2 N–H and O–H groups in total. The maximum Gasteiger partial charge on any atom is 0.142 e. The Balaban J connectivity index is 2.66. The lowest BCUT2D eigenvalue weighted by molar-refractivity contribution is 0.0726. The van der Waals surface area contributed by atoms with Gasteiger partial charge in [0.1, 0.15) is 5.82 Å².